The summed E-state index contributed by atoms with van der Waals surface area (Å²) < 4.78 is 22.2. The molecule has 0 radical (unpaired) electrons. The topological polar surface area (TPSA) is 228 Å². The lowest BCUT2D eigenvalue weighted by Crippen LogP contribution is -2.65. The summed E-state index contributed by atoms with van der Waals surface area (Å²) in [6.45, 7) is 2.16. The monoisotopic (exact) mass is 788 g/mol. The molecule has 2 aliphatic heterocycles. The van der Waals surface area contributed by atoms with Crippen molar-refractivity contribution in [2.24, 2.45) is 0 Å². The number of aliphatic hydroxyl groups excluding tert-OH is 8. The second-order valence-electron chi connectivity index (χ2n) is 14.7. The van der Waals surface area contributed by atoms with Crippen molar-refractivity contribution in [3.8, 4) is 0 Å². The van der Waals surface area contributed by atoms with Crippen LogP contribution in [0.5, 0.6) is 0 Å². The van der Waals surface area contributed by atoms with Crippen LogP contribution in [-0.4, -0.2) is 140 Å². The minimum Gasteiger partial charge on any atom is -0.394 e. The van der Waals surface area contributed by atoms with E-state index in [4.69, 9.17) is 18.9 Å². The third-order valence-corrected chi connectivity index (χ3v) is 10.1. The maximum atomic E-state index is 12.2. The van der Waals surface area contributed by atoms with E-state index in [-0.39, 0.29) is 18.9 Å². The third kappa shape index (κ3) is 18.6. The first-order valence-electron chi connectivity index (χ1n) is 20.7. The molecular weight excluding hydrogens is 714 g/mol. The first-order valence-corrected chi connectivity index (χ1v) is 20.7. The Balaban J connectivity index is 1.72. The first kappa shape index (κ1) is 49.4. The lowest BCUT2D eigenvalue weighted by Gasteiger charge is -2.46. The van der Waals surface area contributed by atoms with Crippen molar-refractivity contribution in [3.05, 3.63) is 36.5 Å². The Hall–Kier alpha value is -1.79. The zero-order valence-electron chi connectivity index (χ0n) is 33.2. The van der Waals surface area contributed by atoms with Gasteiger partial charge in [0.25, 0.3) is 0 Å². The smallest absolute Gasteiger partial charge is 0.220 e. The first-order chi connectivity index (χ1) is 26.6. The molecule has 2 rings (SSSR count). The van der Waals surface area contributed by atoms with Gasteiger partial charge in [0.15, 0.2) is 12.6 Å². The number of ether oxygens (including phenoxy) is 4. The Morgan fingerprint density at radius 2 is 1.15 bits per heavy atom. The number of rotatable bonds is 29. The van der Waals surface area contributed by atoms with Crippen LogP contribution >= 0.6 is 0 Å². The average Bonchev–Trinajstić information content (AvgIpc) is 3.19. The summed E-state index contributed by atoms with van der Waals surface area (Å²) in [6.07, 6.45) is 14.7. The summed E-state index contributed by atoms with van der Waals surface area (Å²) in [6, 6.07) is -0.931. The van der Waals surface area contributed by atoms with Gasteiger partial charge in [0.05, 0.1) is 32.0 Å². The molecule has 14 nitrogen and oxygen atoms in total. The van der Waals surface area contributed by atoms with E-state index < -0.39 is 86.8 Å². The quantitative estimate of drug-likeness (QED) is 0.0393. The zero-order chi connectivity index (χ0) is 40.4. The molecule has 55 heavy (non-hydrogen) atoms. The molecule has 2 heterocycles. The number of allylic oxidation sites excluding steroid dienone is 5. The van der Waals surface area contributed by atoms with Crippen LogP contribution in [-0.2, 0) is 23.7 Å². The van der Waals surface area contributed by atoms with E-state index in [2.05, 4.69) is 36.5 Å². The Kier molecular flexibility index (Phi) is 26.4. The van der Waals surface area contributed by atoms with Crippen LogP contribution < -0.4 is 5.32 Å². The van der Waals surface area contributed by atoms with Crippen LogP contribution in [0.15, 0.2) is 36.5 Å². The second kappa shape index (κ2) is 29.4. The number of carbonyl (C=O) groups is 1. The van der Waals surface area contributed by atoms with Crippen LogP contribution in [0.1, 0.15) is 123 Å². The molecule has 2 fully saturated rings. The molecule has 0 aromatic carbocycles. The second-order valence-corrected chi connectivity index (χ2v) is 14.7. The standard InChI is InChI=1S/C41H73NO13/c1-3-5-6-7-8-9-10-11-12-13-14-15-16-17-18-19-20-21-22-23-24-25-30(45)29(42-33(46)4-2)28-52-40-38(51)36(49)39(32(27-44)54-40)55-41-37(50)35(48)34(47)31(26-43)53-41/h16-17,20-21,24-25,29-32,34-41,43-45,47-51H,3-15,18-19,22-23,26-28H2,1-2H3,(H,42,46)/b17-16+,21-20+,25-24+. The fourth-order valence-corrected chi connectivity index (χ4v) is 6.58. The molecule has 0 spiro atoms. The largest absolute Gasteiger partial charge is 0.394 e. The number of unbranched alkanes of at least 4 members (excludes halogenated alkanes) is 13. The highest BCUT2D eigenvalue weighted by Crippen LogP contribution is 2.29. The van der Waals surface area contributed by atoms with Crippen molar-refractivity contribution >= 4 is 5.91 Å². The van der Waals surface area contributed by atoms with Crippen LogP contribution in [0, 0.1) is 0 Å². The van der Waals surface area contributed by atoms with Gasteiger partial charge in [0.2, 0.25) is 5.91 Å². The van der Waals surface area contributed by atoms with Crippen molar-refractivity contribution in [3.63, 3.8) is 0 Å². The van der Waals surface area contributed by atoms with Crippen LogP contribution in [0.2, 0.25) is 0 Å². The number of hydrogen-bond donors (Lipinski definition) is 9. The number of aliphatic hydroxyl groups is 8. The van der Waals surface area contributed by atoms with Crippen LogP contribution in [0.3, 0.4) is 0 Å². The Bertz CT molecular complexity index is 1070. The SMILES string of the molecule is CCCCCCCCCCCCC/C=C/CC/C=C/CC/C=C/C(O)C(COC1OC(CO)C(OC2OC(CO)C(O)C(O)C2O)C(O)C1O)NC(=O)CC. The lowest BCUT2D eigenvalue weighted by molar-refractivity contribution is -0.359. The molecule has 0 bridgehead atoms. The van der Waals surface area contributed by atoms with Crippen molar-refractivity contribution < 1.29 is 64.6 Å². The molecule has 9 N–H and O–H groups in total. The molecule has 0 aromatic heterocycles. The van der Waals surface area contributed by atoms with E-state index in [0.29, 0.717) is 6.42 Å². The number of nitrogens with one attached hydrogen (secondary N) is 1. The zero-order valence-corrected chi connectivity index (χ0v) is 33.2. The highest BCUT2D eigenvalue weighted by molar-refractivity contribution is 5.75. The summed E-state index contributed by atoms with van der Waals surface area (Å²) in [4.78, 5) is 12.2. The van der Waals surface area contributed by atoms with Gasteiger partial charge in [-0.15, -0.1) is 0 Å². The average molecular weight is 788 g/mol. The van der Waals surface area contributed by atoms with Crippen LogP contribution in [0.4, 0.5) is 0 Å². The third-order valence-electron chi connectivity index (χ3n) is 10.1. The minimum atomic E-state index is -1.79. The highest BCUT2D eigenvalue weighted by Gasteiger charge is 2.50. The van der Waals surface area contributed by atoms with Gasteiger partial charge in [-0.25, -0.2) is 0 Å². The minimum absolute atomic E-state index is 0.150. The number of carbonyl (C=O) groups excluding carboxylic acids is 1. The van der Waals surface area contributed by atoms with E-state index in [1.165, 1.54) is 70.6 Å². The van der Waals surface area contributed by atoms with E-state index in [9.17, 15) is 45.6 Å². The normalized spacial score (nSPS) is 30.1. The molecule has 0 aromatic rings. The Morgan fingerprint density at radius 1 is 0.636 bits per heavy atom. The van der Waals surface area contributed by atoms with E-state index in [1.807, 2.05) is 6.08 Å². The summed E-state index contributed by atoms with van der Waals surface area (Å²) in [5, 5.41) is 85.1. The lowest BCUT2D eigenvalue weighted by atomic mass is 9.97. The molecule has 2 saturated heterocycles. The summed E-state index contributed by atoms with van der Waals surface area (Å²) in [7, 11) is 0. The molecule has 1 amide bonds. The Labute approximate surface area is 328 Å². The molecule has 14 heteroatoms. The number of hydrogen-bond acceptors (Lipinski definition) is 13. The van der Waals surface area contributed by atoms with Crippen molar-refractivity contribution in [1.82, 2.24) is 5.32 Å². The predicted molar refractivity (Wildman–Crippen MR) is 208 cm³/mol. The van der Waals surface area contributed by atoms with E-state index in [0.717, 1.165) is 25.7 Å². The molecule has 320 valence electrons. The molecule has 2 aliphatic rings. The molecule has 12 unspecified atom stereocenters. The molecule has 12 atom stereocenters. The fourth-order valence-electron chi connectivity index (χ4n) is 6.58. The molecule has 0 saturated carbocycles. The van der Waals surface area contributed by atoms with Gasteiger partial charge in [0, 0.05) is 6.42 Å². The maximum absolute atomic E-state index is 12.2. The molecular formula is C41H73NO13. The van der Waals surface area contributed by atoms with Crippen LogP contribution in [0.25, 0.3) is 0 Å². The fraction of sp³-hybridized carbons (Fsp3) is 0.829. The van der Waals surface area contributed by atoms with Gasteiger partial charge in [0.1, 0.15) is 48.8 Å². The summed E-state index contributed by atoms with van der Waals surface area (Å²) in [5.41, 5.74) is 0. The number of amides is 1. The van der Waals surface area contributed by atoms with Crippen molar-refractivity contribution in [2.75, 3.05) is 19.8 Å². The Morgan fingerprint density at radius 3 is 1.71 bits per heavy atom. The predicted octanol–water partition coefficient (Wildman–Crippen LogP) is 2.81. The van der Waals surface area contributed by atoms with E-state index in [1.54, 1.807) is 13.0 Å². The van der Waals surface area contributed by atoms with Gasteiger partial charge in [-0.1, -0.05) is 115 Å². The van der Waals surface area contributed by atoms with Gasteiger partial charge < -0.3 is 65.1 Å². The summed E-state index contributed by atoms with van der Waals surface area (Å²) >= 11 is 0. The van der Waals surface area contributed by atoms with Gasteiger partial charge >= 0.3 is 0 Å². The van der Waals surface area contributed by atoms with Gasteiger partial charge in [-0.3, -0.25) is 4.79 Å². The summed E-state index contributed by atoms with van der Waals surface area (Å²) in [5.74, 6) is -0.344. The van der Waals surface area contributed by atoms with Gasteiger partial charge in [-0.05, 0) is 38.5 Å². The molecule has 0 aliphatic carbocycles. The van der Waals surface area contributed by atoms with E-state index >= 15 is 0 Å². The maximum Gasteiger partial charge on any atom is 0.220 e. The highest BCUT2D eigenvalue weighted by atomic mass is 16.7. The van der Waals surface area contributed by atoms with Gasteiger partial charge in [-0.2, -0.15) is 0 Å². The van der Waals surface area contributed by atoms with Crippen molar-refractivity contribution in [2.45, 2.75) is 197 Å². The van der Waals surface area contributed by atoms with Crippen molar-refractivity contribution in [1.29, 1.82) is 0 Å².